The van der Waals surface area contributed by atoms with Crippen molar-refractivity contribution in [1.29, 1.82) is 0 Å². The summed E-state index contributed by atoms with van der Waals surface area (Å²) >= 11 is 0. The van der Waals surface area contributed by atoms with Crippen molar-refractivity contribution in [3.8, 4) is 0 Å². The molecule has 2 aliphatic heterocycles. The minimum Gasteiger partial charge on any atom is -0.336 e. The molecule has 1 N–H and O–H groups in total. The van der Waals surface area contributed by atoms with Gasteiger partial charge in [0.2, 0.25) is 21.8 Å². The highest BCUT2D eigenvalue weighted by Crippen LogP contribution is 2.39. The smallest absolute Gasteiger partial charge is 0.241 e. The van der Waals surface area contributed by atoms with Gasteiger partial charge in [-0.2, -0.15) is 0 Å². The van der Waals surface area contributed by atoms with Gasteiger partial charge in [-0.1, -0.05) is 13.3 Å². The molecule has 2 fully saturated rings. The summed E-state index contributed by atoms with van der Waals surface area (Å²) in [5.74, 6) is -0.830. The maximum atomic E-state index is 12.5. The number of likely N-dealkylation sites (tertiary alicyclic amines) is 1. The first-order valence-corrected chi connectivity index (χ1v) is 9.15. The monoisotopic (exact) mass is 317 g/mol. The second-order valence-electron chi connectivity index (χ2n) is 5.76. The van der Waals surface area contributed by atoms with E-state index in [1.807, 2.05) is 6.92 Å². The highest BCUT2D eigenvalue weighted by molar-refractivity contribution is 7.88. The average molecular weight is 317 g/mol. The maximum absolute atomic E-state index is 12.5. The third-order valence-corrected chi connectivity index (χ3v) is 5.44. The molecule has 21 heavy (non-hydrogen) atoms. The van der Waals surface area contributed by atoms with E-state index in [-0.39, 0.29) is 24.4 Å². The lowest BCUT2D eigenvalue weighted by Crippen LogP contribution is -2.45. The van der Waals surface area contributed by atoms with E-state index < -0.39 is 22.0 Å². The lowest BCUT2D eigenvalue weighted by Gasteiger charge is -2.27. The van der Waals surface area contributed by atoms with E-state index in [0.717, 1.165) is 17.0 Å². The van der Waals surface area contributed by atoms with Crippen LogP contribution in [0.25, 0.3) is 0 Å². The van der Waals surface area contributed by atoms with Crippen LogP contribution in [0, 0.1) is 5.92 Å². The van der Waals surface area contributed by atoms with Crippen LogP contribution in [-0.2, 0) is 19.6 Å². The minimum absolute atomic E-state index is 0.0748. The molecule has 2 heterocycles. The Morgan fingerprint density at radius 2 is 2.10 bits per heavy atom. The Hall–Kier alpha value is -1.15. The number of hydrogen-bond donors (Lipinski definition) is 1. The summed E-state index contributed by atoms with van der Waals surface area (Å²) < 4.78 is 24.9. The summed E-state index contributed by atoms with van der Waals surface area (Å²) in [7, 11) is -1.90. The molecule has 0 aromatic heterocycles. The van der Waals surface area contributed by atoms with E-state index in [1.165, 1.54) is 0 Å². The van der Waals surface area contributed by atoms with Gasteiger partial charge in [-0.15, -0.1) is 0 Å². The van der Waals surface area contributed by atoms with Crippen molar-refractivity contribution in [2.45, 2.75) is 38.3 Å². The first-order chi connectivity index (χ1) is 9.82. The van der Waals surface area contributed by atoms with E-state index >= 15 is 0 Å². The fourth-order valence-corrected chi connectivity index (χ4v) is 4.76. The molecular formula is C13H23N3O4S. The Morgan fingerprint density at radius 3 is 2.62 bits per heavy atom. The Labute approximate surface area is 125 Å². The third kappa shape index (κ3) is 2.78. The highest BCUT2D eigenvalue weighted by Gasteiger charge is 2.56. The van der Waals surface area contributed by atoms with Crippen LogP contribution in [0.1, 0.15) is 26.2 Å². The summed E-state index contributed by atoms with van der Waals surface area (Å²) in [6.45, 7) is 2.67. The number of amides is 2. The van der Waals surface area contributed by atoms with Gasteiger partial charge in [0.1, 0.15) is 0 Å². The van der Waals surface area contributed by atoms with Crippen LogP contribution in [0.5, 0.6) is 0 Å². The Kier molecular flexibility index (Phi) is 4.57. The molecule has 0 aromatic carbocycles. The van der Waals surface area contributed by atoms with Crippen molar-refractivity contribution >= 4 is 21.8 Å². The maximum Gasteiger partial charge on any atom is 0.241 e. The summed E-state index contributed by atoms with van der Waals surface area (Å²) in [5, 5.41) is 2.82. The molecule has 3 atom stereocenters. The number of sulfonamides is 1. The first-order valence-electron chi connectivity index (χ1n) is 7.30. The molecule has 2 saturated heterocycles. The molecule has 3 unspecified atom stereocenters. The fourth-order valence-electron chi connectivity index (χ4n) is 3.57. The van der Waals surface area contributed by atoms with Gasteiger partial charge < -0.3 is 10.2 Å². The molecule has 0 aromatic rings. The van der Waals surface area contributed by atoms with Crippen molar-refractivity contribution in [2.75, 3.05) is 26.4 Å². The van der Waals surface area contributed by atoms with Crippen LogP contribution in [0.3, 0.4) is 0 Å². The van der Waals surface area contributed by atoms with E-state index in [4.69, 9.17) is 0 Å². The van der Waals surface area contributed by atoms with Gasteiger partial charge in [-0.25, -0.2) is 12.7 Å². The highest BCUT2D eigenvalue weighted by atomic mass is 32.2. The summed E-state index contributed by atoms with van der Waals surface area (Å²) in [5.41, 5.74) is 0. The zero-order valence-electron chi connectivity index (χ0n) is 12.7. The van der Waals surface area contributed by atoms with Crippen molar-refractivity contribution < 1.29 is 18.0 Å². The van der Waals surface area contributed by atoms with Crippen LogP contribution in [-0.4, -0.2) is 67.9 Å². The second kappa shape index (κ2) is 5.92. The first kappa shape index (κ1) is 16.2. The normalized spacial score (nSPS) is 29.1. The summed E-state index contributed by atoms with van der Waals surface area (Å²) in [6.07, 6.45) is 2.98. The number of fused-ring (bicyclic) bond motifs is 1. The van der Waals surface area contributed by atoms with Crippen molar-refractivity contribution in [1.82, 2.24) is 14.5 Å². The fraction of sp³-hybridized carbons (Fsp3) is 0.846. The molecular weight excluding hydrogens is 294 g/mol. The Morgan fingerprint density at radius 1 is 1.43 bits per heavy atom. The zero-order chi connectivity index (χ0) is 15.8. The SMILES string of the molecule is CCCC1C(=O)N(S(C)(=O)=O)C2CCN(C(=O)CNC)C12. The van der Waals surface area contributed by atoms with Crippen LogP contribution in [0.4, 0.5) is 0 Å². The van der Waals surface area contributed by atoms with Gasteiger partial charge in [0.25, 0.3) is 0 Å². The molecule has 0 spiro atoms. The summed E-state index contributed by atoms with van der Waals surface area (Å²) in [4.78, 5) is 26.3. The third-order valence-electron chi connectivity index (χ3n) is 4.27. The Balaban J connectivity index is 2.34. The second-order valence-corrected chi connectivity index (χ2v) is 7.62. The molecule has 8 heteroatoms. The van der Waals surface area contributed by atoms with Gasteiger partial charge in [-0.3, -0.25) is 9.59 Å². The van der Waals surface area contributed by atoms with E-state index in [1.54, 1.807) is 11.9 Å². The van der Waals surface area contributed by atoms with Gasteiger partial charge >= 0.3 is 0 Å². The van der Waals surface area contributed by atoms with Crippen LogP contribution < -0.4 is 5.32 Å². The lowest BCUT2D eigenvalue weighted by atomic mass is 9.94. The molecule has 0 bridgehead atoms. The summed E-state index contributed by atoms with van der Waals surface area (Å²) in [6, 6.07) is -0.710. The van der Waals surface area contributed by atoms with E-state index in [0.29, 0.717) is 19.4 Å². The molecule has 0 saturated carbocycles. The minimum atomic E-state index is -3.59. The van der Waals surface area contributed by atoms with Gasteiger partial charge in [-0.05, 0) is 19.9 Å². The average Bonchev–Trinajstić information content (AvgIpc) is 2.88. The predicted molar refractivity (Wildman–Crippen MR) is 77.9 cm³/mol. The van der Waals surface area contributed by atoms with E-state index in [2.05, 4.69) is 5.32 Å². The molecule has 2 rings (SSSR count). The number of carbonyl (C=O) groups excluding carboxylic acids is 2. The predicted octanol–water partition coefficient (Wildman–Crippen LogP) is -0.607. The Bertz CT molecular complexity index is 534. The molecule has 120 valence electrons. The number of carbonyl (C=O) groups is 2. The number of rotatable bonds is 5. The van der Waals surface area contributed by atoms with E-state index in [9.17, 15) is 18.0 Å². The van der Waals surface area contributed by atoms with Crippen molar-refractivity contribution in [3.05, 3.63) is 0 Å². The quantitative estimate of drug-likeness (QED) is 0.731. The molecule has 0 radical (unpaired) electrons. The standard InChI is InChI=1S/C13H23N3O4S/c1-4-5-9-12-10(16(13(9)18)21(3,19)20)6-7-15(12)11(17)8-14-2/h9-10,12,14H,4-8H2,1-3H3. The van der Waals surface area contributed by atoms with Crippen LogP contribution in [0.2, 0.25) is 0 Å². The van der Waals surface area contributed by atoms with Gasteiger partial charge in [0, 0.05) is 6.54 Å². The molecule has 0 aliphatic carbocycles. The van der Waals surface area contributed by atoms with Gasteiger partial charge in [0.15, 0.2) is 0 Å². The van der Waals surface area contributed by atoms with Gasteiger partial charge in [0.05, 0.1) is 30.8 Å². The number of nitrogens with zero attached hydrogens (tertiary/aromatic N) is 2. The number of likely N-dealkylation sites (N-methyl/N-ethyl adjacent to an activating group) is 1. The van der Waals surface area contributed by atoms with Crippen LogP contribution in [0.15, 0.2) is 0 Å². The lowest BCUT2D eigenvalue weighted by molar-refractivity contribution is -0.133. The number of hydrogen-bond acceptors (Lipinski definition) is 5. The molecule has 7 nitrogen and oxygen atoms in total. The van der Waals surface area contributed by atoms with Crippen LogP contribution >= 0.6 is 0 Å². The van der Waals surface area contributed by atoms with Crippen molar-refractivity contribution in [2.24, 2.45) is 5.92 Å². The number of nitrogens with one attached hydrogen (secondary N) is 1. The largest absolute Gasteiger partial charge is 0.336 e. The zero-order valence-corrected chi connectivity index (χ0v) is 13.5. The molecule has 2 aliphatic rings. The topological polar surface area (TPSA) is 86.8 Å². The molecule has 2 amide bonds. The van der Waals surface area contributed by atoms with Crippen molar-refractivity contribution in [3.63, 3.8) is 0 Å².